The first-order chi connectivity index (χ1) is 14.3. The third kappa shape index (κ3) is 6.15. The number of nitrogens with zero attached hydrogens (tertiary/aromatic N) is 2. The van der Waals surface area contributed by atoms with Gasteiger partial charge >= 0.3 is 6.18 Å². The van der Waals surface area contributed by atoms with Crippen molar-refractivity contribution in [3.63, 3.8) is 0 Å². The van der Waals surface area contributed by atoms with E-state index in [1.807, 2.05) is 0 Å². The minimum Gasteiger partial charge on any atom is -0.326 e. The van der Waals surface area contributed by atoms with Gasteiger partial charge in [0.15, 0.2) is 0 Å². The fourth-order valence-electron chi connectivity index (χ4n) is 2.49. The Morgan fingerprint density at radius 1 is 1.03 bits per heavy atom. The number of rotatable bonds is 4. The lowest BCUT2D eigenvalue weighted by Gasteiger charge is -2.14. The first-order valence-electron chi connectivity index (χ1n) is 8.76. The van der Waals surface area contributed by atoms with Gasteiger partial charge in [-0.05, 0) is 54.1 Å². The monoisotopic (exact) mass is 476 g/mol. The van der Waals surface area contributed by atoms with Gasteiger partial charge in [0.2, 0.25) is 5.96 Å². The number of hydrogen-bond acceptors (Lipinski definition) is 3. The molecule has 0 saturated carbocycles. The van der Waals surface area contributed by atoms with E-state index >= 15 is 0 Å². The number of guanidine groups is 1. The normalized spacial score (nSPS) is 11.8. The highest BCUT2D eigenvalue weighted by atomic mass is 79.9. The number of nitrogens with one attached hydrogen (secondary N) is 2. The summed E-state index contributed by atoms with van der Waals surface area (Å²) in [5.41, 5.74) is 0.532. The van der Waals surface area contributed by atoms with Gasteiger partial charge in [0.05, 0.1) is 12.1 Å². The van der Waals surface area contributed by atoms with Crippen molar-refractivity contribution in [3.8, 4) is 0 Å². The number of pyridine rings is 1. The van der Waals surface area contributed by atoms with Crippen molar-refractivity contribution in [1.82, 2.24) is 10.3 Å². The second kappa shape index (κ2) is 9.53. The molecule has 0 saturated heterocycles. The zero-order chi connectivity index (χ0) is 21.6. The molecule has 1 aromatic heterocycles. The van der Waals surface area contributed by atoms with Gasteiger partial charge in [-0.2, -0.15) is 13.2 Å². The molecule has 2 N–H and O–H groups in total. The van der Waals surface area contributed by atoms with Crippen molar-refractivity contribution in [2.24, 2.45) is 4.99 Å². The van der Waals surface area contributed by atoms with Gasteiger partial charge in [0.25, 0.3) is 5.91 Å². The van der Waals surface area contributed by atoms with Crippen LogP contribution < -0.4 is 10.6 Å². The fourth-order valence-corrected chi connectivity index (χ4v) is 2.89. The molecular weight excluding hydrogens is 461 g/mol. The zero-order valence-corrected chi connectivity index (χ0v) is 17.0. The van der Waals surface area contributed by atoms with Gasteiger partial charge in [-0.25, -0.2) is 4.99 Å². The molecule has 1 heterocycles. The van der Waals surface area contributed by atoms with E-state index in [1.54, 1.807) is 48.8 Å². The van der Waals surface area contributed by atoms with E-state index in [1.165, 1.54) is 12.1 Å². The van der Waals surface area contributed by atoms with Crippen molar-refractivity contribution in [2.45, 2.75) is 12.7 Å². The van der Waals surface area contributed by atoms with Crippen molar-refractivity contribution >= 4 is 33.5 Å². The first-order valence-corrected chi connectivity index (χ1v) is 9.55. The van der Waals surface area contributed by atoms with Gasteiger partial charge in [-0.3, -0.25) is 15.1 Å². The largest absolute Gasteiger partial charge is 0.416 e. The molecule has 0 bridgehead atoms. The summed E-state index contributed by atoms with van der Waals surface area (Å²) in [7, 11) is 0. The second-order valence-corrected chi connectivity index (χ2v) is 7.10. The average molecular weight is 477 g/mol. The lowest BCUT2D eigenvalue weighted by atomic mass is 10.2. The van der Waals surface area contributed by atoms with Crippen LogP contribution in [0.25, 0.3) is 0 Å². The van der Waals surface area contributed by atoms with Crippen LogP contribution in [0, 0.1) is 0 Å². The number of aromatic nitrogens is 1. The molecule has 0 unspecified atom stereocenters. The summed E-state index contributed by atoms with van der Waals surface area (Å²) in [4.78, 5) is 20.8. The molecule has 3 aromatic rings. The van der Waals surface area contributed by atoms with Gasteiger partial charge in [-0.1, -0.05) is 28.1 Å². The van der Waals surface area contributed by atoms with Crippen LogP contribution in [0.1, 0.15) is 21.5 Å². The molecule has 0 aliphatic heterocycles. The van der Waals surface area contributed by atoms with E-state index in [0.29, 0.717) is 5.56 Å². The Bertz CT molecular complexity index is 1060. The Balaban J connectivity index is 1.85. The maximum absolute atomic E-state index is 13.0. The third-order valence-electron chi connectivity index (χ3n) is 3.94. The number of hydrogen-bond donors (Lipinski definition) is 2. The van der Waals surface area contributed by atoms with E-state index in [0.717, 1.165) is 22.2 Å². The van der Waals surface area contributed by atoms with E-state index in [9.17, 15) is 18.0 Å². The zero-order valence-electron chi connectivity index (χ0n) is 15.4. The maximum Gasteiger partial charge on any atom is 0.416 e. The summed E-state index contributed by atoms with van der Waals surface area (Å²) < 4.78 is 39.7. The van der Waals surface area contributed by atoms with E-state index in [-0.39, 0.29) is 18.2 Å². The average Bonchev–Trinajstić information content (AvgIpc) is 2.72. The van der Waals surface area contributed by atoms with Crippen molar-refractivity contribution in [2.75, 3.05) is 5.32 Å². The van der Waals surface area contributed by atoms with Crippen LogP contribution in [0.5, 0.6) is 0 Å². The Kier molecular flexibility index (Phi) is 6.83. The number of aliphatic imine (C=N–C) groups is 1. The van der Waals surface area contributed by atoms with Gasteiger partial charge < -0.3 is 5.32 Å². The number of alkyl halides is 3. The lowest BCUT2D eigenvalue weighted by Crippen LogP contribution is -2.36. The Hall–Kier alpha value is -3.20. The van der Waals surface area contributed by atoms with E-state index in [4.69, 9.17) is 0 Å². The number of halogens is 4. The number of anilines is 1. The molecule has 3 rings (SSSR count). The quantitative estimate of drug-likeness (QED) is 0.398. The molecule has 1 amide bonds. The summed E-state index contributed by atoms with van der Waals surface area (Å²) in [5.74, 6) is -0.430. The molecule has 5 nitrogen and oxygen atoms in total. The summed E-state index contributed by atoms with van der Waals surface area (Å²) in [6.07, 6.45) is -1.28. The van der Waals surface area contributed by atoms with Gasteiger partial charge in [0, 0.05) is 28.1 Å². The van der Waals surface area contributed by atoms with Crippen LogP contribution in [0.15, 0.2) is 82.5 Å². The van der Waals surface area contributed by atoms with E-state index in [2.05, 4.69) is 36.5 Å². The smallest absolute Gasteiger partial charge is 0.326 e. The summed E-state index contributed by atoms with van der Waals surface area (Å²) in [6.45, 7) is 0.197. The minimum atomic E-state index is -4.48. The van der Waals surface area contributed by atoms with Crippen LogP contribution >= 0.6 is 15.9 Å². The van der Waals surface area contributed by atoms with Crippen LogP contribution in [0.3, 0.4) is 0 Å². The standard InChI is InChI=1S/C21H16BrF3N4O/c22-17-5-1-3-15(11-17)19(30)29-20(27-13-14-7-9-26-10-8-14)28-18-6-2-4-16(12-18)21(23,24)25/h1-12H,13H2,(H2,27,28,29,30). The highest BCUT2D eigenvalue weighted by molar-refractivity contribution is 9.10. The number of carbonyl (C=O) groups is 1. The highest BCUT2D eigenvalue weighted by Gasteiger charge is 2.30. The topological polar surface area (TPSA) is 66.4 Å². The Morgan fingerprint density at radius 2 is 1.77 bits per heavy atom. The molecule has 0 spiro atoms. The fraction of sp³-hybridized carbons (Fsp3) is 0.0952. The van der Waals surface area contributed by atoms with Crippen LogP contribution in [0.4, 0.5) is 18.9 Å². The van der Waals surface area contributed by atoms with Gasteiger partial charge in [-0.15, -0.1) is 0 Å². The van der Waals surface area contributed by atoms with Crippen molar-refractivity contribution in [1.29, 1.82) is 0 Å². The van der Waals surface area contributed by atoms with Crippen LogP contribution in [-0.4, -0.2) is 16.9 Å². The molecule has 2 aromatic carbocycles. The Morgan fingerprint density at radius 3 is 2.47 bits per heavy atom. The summed E-state index contributed by atoms with van der Waals surface area (Å²) >= 11 is 3.30. The van der Waals surface area contributed by atoms with Crippen LogP contribution in [-0.2, 0) is 12.7 Å². The Labute approximate surface area is 179 Å². The maximum atomic E-state index is 13.0. The van der Waals surface area contributed by atoms with Crippen molar-refractivity contribution in [3.05, 3.63) is 94.2 Å². The number of amides is 1. The lowest BCUT2D eigenvalue weighted by molar-refractivity contribution is -0.137. The SMILES string of the molecule is O=C(NC(=NCc1ccncc1)Nc1cccc(C(F)(F)F)c1)c1cccc(Br)c1. The molecule has 9 heteroatoms. The third-order valence-corrected chi connectivity index (χ3v) is 4.43. The highest BCUT2D eigenvalue weighted by Crippen LogP contribution is 2.30. The van der Waals surface area contributed by atoms with Gasteiger partial charge in [0.1, 0.15) is 0 Å². The molecule has 30 heavy (non-hydrogen) atoms. The molecule has 0 radical (unpaired) electrons. The number of benzene rings is 2. The molecule has 0 atom stereocenters. The second-order valence-electron chi connectivity index (χ2n) is 6.19. The predicted octanol–water partition coefficient (Wildman–Crippen LogP) is 5.26. The minimum absolute atomic E-state index is 0.0242. The van der Waals surface area contributed by atoms with E-state index < -0.39 is 17.6 Å². The molecule has 0 fully saturated rings. The number of carbonyl (C=O) groups excluding carboxylic acids is 1. The summed E-state index contributed by atoms with van der Waals surface area (Å²) in [5, 5.41) is 5.39. The molecule has 154 valence electrons. The summed E-state index contributed by atoms with van der Waals surface area (Å²) in [6, 6.07) is 14.9. The van der Waals surface area contributed by atoms with Crippen molar-refractivity contribution < 1.29 is 18.0 Å². The predicted molar refractivity (Wildman–Crippen MR) is 112 cm³/mol. The molecular formula is C21H16BrF3N4O. The molecule has 0 aliphatic rings. The first kappa shape index (κ1) is 21.5. The molecule has 0 aliphatic carbocycles. The van der Waals surface area contributed by atoms with Crippen LogP contribution in [0.2, 0.25) is 0 Å².